The number of nitrogens with two attached hydrogens (primary N) is 1. The molecular formula is C14H20N2O4S. The smallest absolute Gasteiger partial charge is 0.251 e. The fraction of sp³-hybridized carbons (Fsp3) is 0.500. The van der Waals surface area contributed by atoms with Crippen molar-refractivity contribution in [3.63, 3.8) is 0 Å². The molecule has 1 amide bonds. The van der Waals surface area contributed by atoms with Gasteiger partial charge in [-0.2, -0.15) is 0 Å². The highest BCUT2D eigenvalue weighted by Crippen LogP contribution is 2.17. The van der Waals surface area contributed by atoms with Gasteiger partial charge in [0.2, 0.25) is 0 Å². The van der Waals surface area contributed by atoms with E-state index in [1.54, 1.807) is 0 Å². The van der Waals surface area contributed by atoms with Crippen molar-refractivity contribution in [3.8, 4) is 0 Å². The normalized spacial score (nSPS) is 18.6. The lowest BCUT2D eigenvalue weighted by Crippen LogP contribution is -2.27. The predicted molar refractivity (Wildman–Crippen MR) is 79.9 cm³/mol. The Balaban J connectivity index is 2.00. The maximum atomic E-state index is 12.0. The number of carbonyl (C=O) groups is 1. The highest BCUT2D eigenvalue weighted by molar-refractivity contribution is 7.90. The van der Waals surface area contributed by atoms with E-state index in [-0.39, 0.29) is 28.2 Å². The molecule has 1 aliphatic rings. The molecule has 0 aliphatic carbocycles. The summed E-state index contributed by atoms with van der Waals surface area (Å²) in [6.07, 6.45) is 4.13. The van der Waals surface area contributed by atoms with Crippen LogP contribution >= 0.6 is 0 Å². The number of rotatable bonds is 5. The van der Waals surface area contributed by atoms with Gasteiger partial charge in [-0.25, -0.2) is 8.42 Å². The summed E-state index contributed by atoms with van der Waals surface area (Å²) in [6.45, 7) is 1.28. The average Bonchev–Trinajstić information content (AvgIpc) is 2.90. The summed E-state index contributed by atoms with van der Waals surface area (Å²) >= 11 is 0. The van der Waals surface area contributed by atoms with Gasteiger partial charge in [-0.1, -0.05) is 0 Å². The molecule has 116 valence electrons. The third-order valence-electron chi connectivity index (χ3n) is 3.40. The van der Waals surface area contributed by atoms with Gasteiger partial charge >= 0.3 is 0 Å². The van der Waals surface area contributed by atoms with Crippen LogP contribution in [-0.2, 0) is 14.6 Å². The first-order chi connectivity index (χ1) is 9.86. The summed E-state index contributed by atoms with van der Waals surface area (Å²) < 4.78 is 28.6. The van der Waals surface area contributed by atoms with Crippen LogP contribution in [0, 0.1) is 0 Å². The molecule has 1 aromatic rings. The lowest BCUT2D eigenvalue weighted by molar-refractivity contribution is 0.0907. The second-order valence-corrected chi connectivity index (χ2v) is 7.26. The standard InChI is InChI=1S/C14H20N2O4S/c1-21(18,19)13-8-10(7-11(15)9-13)14(17)16-5-4-12-3-2-6-20-12/h7-9,12H,2-6,15H2,1H3,(H,16,17). The fourth-order valence-corrected chi connectivity index (χ4v) is 2.98. The Morgan fingerprint density at radius 1 is 1.43 bits per heavy atom. The molecule has 1 unspecified atom stereocenters. The summed E-state index contributed by atoms with van der Waals surface area (Å²) in [6, 6.07) is 4.15. The van der Waals surface area contributed by atoms with Crippen molar-refractivity contribution in [2.24, 2.45) is 0 Å². The molecule has 0 saturated carbocycles. The number of ether oxygens (including phenoxy) is 1. The molecule has 1 aromatic carbocycles. The molecule has 1 heterocycles. The Hall–Kier alpha value is -1.60. The number of anilines is 1. The quantitative estimate of drug-likeness (QED) is 0.789. The van der Waals surface area contributed by atoms with Crippen LogP contribution < -0.4 is 11.1 Å². The van der Waals surface area contributed by atoms with Crippen LogP contribution in [-0.4, -0.2) is 39.8 Å². The van der Waals surface area contributed by atoms with Gasteiger partial charge in [0.05, 0.1) is 11.0 Å². The van der Waals surface area contributed by atoms with Crippen molar-refractivity contribution in [2.75, 3.05) is 25.1 Å². The second-order valence-electron chi connectivity index (χ2n) is 5.24. The largest absolute Gasteiger partial charge is 0.399 e. The van der Waals surface area contributed by atoms with E-state index in [1.165, 1.54) is 18.2 Å². The molecular weight excluding hydrogens is 292 g/mol. The molecule has 1 atom stereocenters. The summed E-state index contributed by atoms with van der Waals surface area (Å²) in [7, 11) is -3.39. The van der Waals surface area contributed by atoms with E-state index in [9.17, 15) is 13.2 Å². The summed E-state index contributed by atoms with van der Waals surface area (Å²) in [5, 5.41) is 2.76. The molecule has 1 saturated heterocycles. The number of hydrogen-bond donors (Lipinski definition) is 2. The topological polar surface area (TPSA) is 98.5 Å². The number of benzene rings is 1. The predicted octanol–water partition coefficient (Wildman–Crippen LogP) is 0.971. The van der Waals surface area contributed by atoms with Gasteiger partial charge in [-0.05, 0) is 37.5 Å². The van der Waals surface area contributed by atoms with Crippen molar-refractivity contribution >= 4 is 21.4 Å². The molecule has 0 radical (unpaired) electrons. The van der Waals surface area contributed by atoms with E-state index in [2.05, 4.69) is 5.32 Å². The third kappa shape index (κ3) is 4.44. The van der Waals surface area contributed by atoms with E-state index in [0.717, 1.165) is 32.1 Å². The zero-order valence-corrected chi connectivity index (χ0v) is 12.8. The van der Waals surface area contributed by atoms with Gasteiger partial charge in [0, 0.05) is 30.7 Å². The van der Waals surface area contributed by atoms with Gasteiger partial charge < -0.3 is 15.8 Å². The van der Waals surface area contributed by atoms with Gasteiger partial charge in [0.25, 0.3) is 5.91 Å². The van der Waals surface area contributed by atoms with E-state index in [4.69, 9.17) is 10.5 Å². The second kappa shape index (κ2) is 6.44. The third-order valence-corrected chi connectivity index (χ3v) is 4.49. The number of nitrogens with one attached hydrogen (secondary N) is 1. The van der Waals surface area contributed by atoms with Crippen LogP contribution in [0.25, 0.3) is 0 Å². The first-order valence-corrected chi connectivity index (χ1v) is 8.76. The lowest BCUT2D eigenvalue weighted by atomic mass is 10.1. The molecule has 0 bridgehead atoms. The van der Waals surface area contributed by atoms with Crippen LogP contribution in [0.4, 0.5) is 5.69 Å². The Morgan fingerprint density at radius 2 is 2.19 bits per heavy atom. The minimum Gasteiger partial charge on any atom is -0.399 e. The highest BCUT2D eigenvalue weighted by Gasteiger charge is 2.16. The van der Waals surface area contributed by atoms with Crippen LogP contribution in [0.15, 0.2) is 23.1 Å². The van der Waals surface area contributed by atoms with Gasteiger partial charge in [-0.15, -0.1) is 0 Å². The Morgan fingerprint density at radius 3 is 2.81 bits per heavy atom. The average molecular weight is 312 g/mol. The number of sulfone groups is 1. The van der Waals surface area contributed by atoms with Crippen molar-refractivity contribution in [2.45, 2.75) is 30.3 Å². The Labute approximate surface area is 124 Å². The van der Waals surface area contributed by atoms with Gasteiger partial charge in [0.1, 0.15) is 0 Å². The number of hydrogen-bond acceptors (Lipinski definition) is 5. The first-order valence-electron chi connectivity index (χ1n) is 6.86. The van der Waals surface area contributed by atoms with Crippen LogP contribution in [0.2, 0.25) is 0 Å². The Kier molecular flexibility index (Phi) is 4.84. The van der Waals surface area contributed by atoms with Crippen molar-refractivity contribution < 1.29 is 17.9 Å². The number of carbonyl (C=O) groups excluding carboxylic acids is 1. The highest BCUT2D eigenvalue weighted by atomic mass is 32.2. The fourth-order valence-electron chi connectivity index (χ4n) is 2.29. The minimum absolute atomic E-state index is 0.0479. The van der Waals surface area contributed by atoms with Crippen LogP contribution in [0.5, 0.6) is 0 Å². The maximum absolute atomic E-state index is 12.0. The molecule has 1 fully saturated rings. The first kappa shape index (κ1) is 15.8. The number of nitrogen functional groups attached to an aromatic ring is 1. The molecule has 6 nitrogen and oxygen atoms in total. The van der Waals surface area contributed by atoms with Crippen molar-refractivity contribution in [3.05, 3.63) is 23.8 Å². The van der Waals surface area contributed by atoms with Gasteiger partial charge in [0.15, 0.2) is 9.84 Å². The summed E-state index contributed by atoms with van der Waals surface area (Å²) in [5.74, 6) is -0.329. The van der Waals surface area contributed by atoms with Crippen molar-refractivity contribution in [1.82, 2.24) is 5.32 Å². The van der Waals surface area contributed by atoms with E-state index in [1.807, 2.05) is 0 Å². The van der Waals surface area contributed by atoms with Crippen molar-refractivity contribution in [1.29, 1.82) is 0 Å². The molecule has 21 heavy (non-hydrogen) atoms. The molecule has 3 N–H and O–H groups in total. The zero-order chi connectivity index (χ0) is 15.5. The van der Waals surface area contributed by atoms with E-state index < -0.39 is 9.84 Å². The Bertz CT molecular complexity index is 622. The molecule has 0 spiro atoms. The maximum Gasteiger partial charge on any atom is 0.251 e. The molecule has 7 heteroatoms. The molecule has 1 aliphatic heterocycles. The molecule has 0 aromatic heterocycles. The van der Waals surface area contributed by atoms with E-state index >= 15 is 0 Å². The monoisotopic (exact) mass is 312 g/mol. The van der Waals surface area contributed by atoms with Crippen LogP contribution in [0.1, 0.15) is 29.6 Å². The SMILES string of the molecule is CS(=O)(=O)c1cc(N)cc(C(=O)NCCC2CCCO2)c1. The molecule has 2 rings (SSSR count). The summed E-state index contributed by atoms with van der Waals surface area (Å²) in [4.78, 5) is 12.1. The zero-order valence-electron chi connectivity index (χ0n) is 12.0. The van der Waals surface area contributed by atoms with Crippen LogP contribution in [0.3, 0.4) is 0 Å². The number of amides is 1. The summed E-state index contributed by atoms with van der Waals surface area (Å²) in [5.41, 5.74) is 6.16. The lowest BCUT2D eigenvalue weighted by Gasteiger charge is -2.11. The van der Waals surface area contributed by atoms with E-state index in [0.29, 0.717) is 6.54 Å². The minimum atomic E-state index is -3.39. The van der Waals surface area contributed by atoms with Gasteiger partial charge in [-0.3, -0.25) is 4.79 Å².